The van der Waals surface area contributed by atoms with Crippen LogP contribution in [0.25, 0.3) is 0 Å². The normalized spacial score (nSPS) is 11.9. The Bertz CT molecular complexity index is 185. The molecule has 0 amide bonds. The van der Waals surface area contributed by atoms with Gasteiger partial charge in [0.2, 0.25) is 0 Å². The van der Waals surface area contributed by atoms with Crippen LogP contribution in [0.5, 0.6) is 0 Å². The second kappa shape index (κ2) is 10.1. The molecule has 0 heterocycles. The van der Waals surface area contributed by atoms with E-state index in [4.69, 9.17) is 0 Å². The Kier molecular flexibility index (Phi) is 11.5. The van der Waals surface area contributed by atoms with Crippen LogP contribution in [0.3, 0.4) is 0 Å². The fraction of sp³-hybridized carbons (Fsp3) is 1.00. The summed E-state index contributed by atoms with van der Waals surface area (Å²) in [6.07, 6.45) is 5.54. The van der Waals surface area contributed by atoms with Gasteiger partial charge in [0.25, 0.3) is 7.59 Å². The molecule has 5 heteroatoms. The highest BCUT2D eigenvalue weighted by molar-refractivity contribution is 7.56. The summed E-state index contributed by atoms with van der Waals surface area (Å²) in [5.74, 6) is 0. The summed E-state index contributed by atoms with van der Waals surface area (Å²) in [7, 11) is 8.49. The average molecular weight is 265 g/mol. The first-order valence-electron chi connectivity index (χ1n) is 6.38. The van der Waals surface area contributed by atoms with Crippen molar-refractivity contribution in [1.82, 2.24) is 14.0 Å². The Morgan fingerprint density at radius 3 is 1.00 bits per heavy atom. The van der Waals surface area contributed by atoms with Gasteiger partial charge in [0.05, 0.1) is 0 Å². The van der Waals surface area contributed by atoms with Crippen LogP contribution in [-0.2, 0) is 4.57 Å². The molecular formula is C12H32N3OP. The first kappa shape index (κ1) is 19.4. The molecule has 0 spiro atoms. The maximum absolute atomic E-state index is 12.1. The third kappa shape index (κ3) is 7.20. The van der Waals surface area contributed by atoms with Gasteiger partial charge in [0, 0.05) is 0 Å². The Morgan fingerprint density at radius 1 is 0.706 bits per heavy atom. The highest BCUT2D eigenvalue weighted by Gasteiger charge is 2.30. The molecule has 0 aromatic carbocycles. The highest BCUT2D eigenvalue weighted by atomic mass is 31.2. The van der Waals surface area contributed by atoms with Gasteiger partial charge in [-0.1, -0.05) is 39.5 Å². The molecule has 0 aromatic rings. The lowest BCUT2D eigenvalue weighted by Gasteiger charge is -2.34. The molecule has 0 aliphatic heterocycles. The highest BCUT2D eigenvalue weighted by Crippen LogP contribution is 2.50. The third-order valence-corrected chi connectivity index (χ3v) is 5.65. The van der Waals surface area contributed by atoms with E-state index < -0.39 is 7.59 Å². The lowest BCUT2D eigenvalue weighted by Crippen LogP contribution is -2.30. The summed E-state index contributed by atoms with van der Waals surface area (Å²) in [5, 5.41) is 0. The molecule has 0 aromatic heterocycles. The van der Waals surface area contributed by atoms with Crippen LogP contribution in [0, 0.1) is 0 Å². The van der Waals surface area contributed by atoms with Gasteiger partial charge in [-0.2, -0.15) is 0 Å². The van der Waals surface area contributed by atoms with Crippen LogP contribution in [0.15, 0.2) is 0 Å². The Balaban J connectivity index is 0. The van der Waals surface area contributed by atoms with Crippen molar-refractivity contribution in [2.24, 2.45) is 0 Å². The number of nitrogens with zero attached hydrogens (tertiary/aromatic N) is 3. The van der Waals surface area contributed by atoms with Crippen molar-refractivity contribution in [3.8, 4) is 0 Å². The first-order chi connectivity index (χ1) is 7.74. The molecule has 0 aliphatic rings. The molecule has 17 heavy (non-hydrogen) atoms. The van der Waals surface area contributed by atoms with Crippen molar-refractivity contribution in [2.45, 2.75) is 39.5 Å². The molecular weight excluding hydrogens is 233 g/mol. The summed E-state index contributed by atoms with van der Waals surface area (Å²) in [5.41, 5.74) is 0. The molecule has 0 unspecified atom stereocenters. The van der Waals surface area contributed by atoms with Crippen molar-refractivity contribution >= 4 is 7.59 Å². The molecule has 4 nitrogen and oxygen atoms in total. The molecule has 0 fully saturated rings. The predicted octanol–water partition coefficient (Wildman–Crippen LogP) is 3.37. The molecule has 0 bridgehead atoms. The third-order valence-electron chi connectivity index (χ3n) is 2.52. The summed E-state index contributed by atoms with van der Waals surface area (Å²) >= 11 is 0. The minimum Gasteiger partial charge on any atom is -0.270 e. The standard InChI is InChI=1S/C6H18N3OP.C6H14/c1-7(2)11(10,8(3)4)9(5)6;1-3-5-6-4-2/h1-6H3;3-6H2,1-2H3. The Hall–Kier alpha value is 0.110. The molecule has 106 valence electrons. The first-order valence-corrected chi connectivity index (χ1v) is 7.95. The van der Waals surface area contributed by atoms with E-state index in [1.807, 2.05) is 42.3 Å². The molecule has 0 radical (unpaired) electrons. The van der Waals surface area contributed by atoms with Gasteiger partial charge in [-0.3, -0.25) is 4.57 Å². The van der Waals surface area contributed by atoms with Crippen molar-refractivity contribution in [3.05, 3.63) is 0 Å². The maximum atomic E-state index is 12.1. The van der Waals surface area contributed by atoms with Gasteiger partial charge in [-0.25, -0.2) is 14.0 Å². The van der Waals surface area contributed by atoms with Crippen LogP contribution in [-0.4, -0.2) is 56.3 Å². The topological polar surface area (TPSA) is 26.8 Å². The van der Waals surface area contributed by atoms with Crippen molar-refractivity contribution in [1.29, 1.82) is 0 Å². The van der Waals surface area contributed by atoms with Gasteiger partial charge >= 0.3 is 0 Å². The van der Waals surface area contributed by atoms with Gasteiger partial charge in [0.1, 0.15) is 0 Å². The number of rotatable bonds is 6. The van der Waals surface area contributed by atoms with E-state index in [1.54, 1.807) is 14.0 Å². The van der Waals surface area contributed by atoms with E-state index >= 15 is 0 Å². The van der Waals surface area contributed by atoms with Crippen LogP contribution in [0.4, 0.5) is 0 Å². The lowest BCUT2D eigenvalue weighted by molar-refractivity contribution is 0.383. The van der Waals surface area contributed by atoms with E-state index in [9.17, 15) is 4.57 Å². The molecule has 0 rings (SSSR count). The Morgan fingerprint density at radius 2 is 0.941 bits per heavy atom. The van der Waals surface area contributed by atoms with E-state index in [-0.39, 0.29) is 0 Å². The number of hydrogen-bond donors (Lipinski definition) is 0. The summed E-state index contributed by atoms with van der Waals surface area (Å²) in [6.45, 7) is 4.46. The van der Waals surface area contributed by atoms with Crippen molar-refractivity contribution in [2.75, 3.05) is 42.3 Å². The smallest absolute Gasteiger partial charge is 0.270 e. The predicted molar refractivity (Wildman–Crippen MR) is 78.5 cm³/mol. The maximum Gasteiger partial charge on any atom is 0.285 e. The van der Waals surface area contributed by atoms with Crippen LogP contribution in [0.1, 0.15) is 39.5 Å². The van der Waals surface area contributed by atoms with E-state index in [1.165, 1.54) is 25.7 Å². The molecule has 0 N–H and O–H groups in total. The minimum atomic E-state index is -2.44. The minimum absolute atomic E-state index is 1.36. The van der Waals surface area contributed by atoms with Crippen LogP contribution >= 0.6 is 7.59 Å². The zero-order chi connectivity index (χ0) is 14.1. The summed E-state index contributed by atoms with van der Waals surface area (Å²) < 4.78 is 17.3. The molecule has 0 saturated carbocycles. The monoisotopic (exact) mass is 265 g/mol. The van der Waals surface area contributed by atoms with E-state index in [2.05, 4.69) is 13.8 Å². The van der Waals surface area contributed by atoms with Crippen molar-refractivity contribution < 1.29 is 4.57 Å². The SMILES string of the molecule is CCCCCC.CN(C)P(=O)(N(C)C)N(C)C. The largest absolute Gasteiger partial charge is 0.285 e. The summed E-state index contributed by atoms with van der Waals surface area (Å²) in [6, 6.07) is 0. The fourth-order valence-electron chi connectivity index (χ4n) is 1.57. The van der Waals surface area contributed by atoms with Crippen LogP contribution in [0.2, 0.25) is 0 Å². The van der Waals surface area contributed by atoms with Gasteiger partial charge in [-0.15, -0.1) is 0 Å². The fourth-order valence-corrected chi connectivity index (χ4v) is 3.72. The lowest BCUT2D eigenvalue weighted by atomic mass is 10.2. The summed E-state index contributed by atoms with van der Waals surface area (Å²) in [4.78, 5) is 0. The van der Waals surface area contributed by atoms with Crippen LogP contribution < -0.4 is 0 Å². The van der Waals surface area contributed by atoms with Gasteiger partial charge < -0.3 is 0 Å². The second-order valence-electron chi connectivity index (χ2n) is 4.76. The molecule has 0 atom stereocenters. The molecule has 0 aliphatic carbocycles. The number of unbranched alkanes of at least 4 members (excludes halogenated alkanes) is 3. The van der Waals surface area contributed by atoms with E-state index in [0.717, 1.165) is 0 Å². The molecule has 0 saturated heterocycles. The van der Waals surface area contributed by atoms with Gasteiger partial charge in [-0.05, 0) is 42.3 Å². The second-order valence-corrected chi connectivity index (χ2v) is 8.19. The van der Waals surface area contributed by atoms with E-state index in [0.29, 0.717) is 0 Å². The number of hydrogen-bond acceptors (Lipinski definition) is 1. The quantitative estimate of drug-likeness (QED) is 0.543. The van der Waals surface area contributed by atoms with Gasteiger partial charge in [0.15, 0.2) is 0 Å². The Labute approximate surface area is 108 Å². The van der Waals surface area contributed by atoms with Crippen molar-refractivity contribution in [3.63, 3.8) is 0 Å². The zero-order valence-corrected chi connectivity index (χ0v) is 13.9. The average Bonchev–Trinajstić information content (AvgIpc) is 2.24. The zero-order valence-electron chi connectivity index (χ0n) is 13.0.